The summed E-state index contributed by atoms with van der Waals surface area (Å²) in [5.74, 6) is -1.66. The predicted molar refractivity (Wildman–Crippen MR) is 130 cm³/mol. The number of carbonyl (C=O) groups excluding carboxylic acids is 1. The fourth-order valence-electron chi connectivity index (χ4n) is 3.41. The van der Waals surface area contributed by atoms with E-state index in [1.54, 1.807) is 31.1 Å². The van der Waals surface area contributed by atoms with Gasteiger partial charge in [0.05, 0.1) is 29.4 Å². The second-order valence-corrected chi connectivity index (χ2v) is 8.62. The van der Waals surface area contributed by atoms with Crippen molar-refractivity contribution < 1.29 is 23.0 Å². The van der Waals surface area contributed by atoms with Crippen molar-refractivity contribution >= 4 is 45.6 Å². The van der Waals surface area contributed by atoms with E-state index in [1.165, 1.54) is 30.6 Å². The molecule has 2 aromatic carbocycles. The van der Waals surface area contributed by atoms with Gasteiger partial charge >= 0.3 is 0 Å². The van der Waals surface area contributed by atoms with E-state index in [2.05, 4.69) is 20.6 Å². The van der Waals surface area contributed by atoms with E-state index in [-0.39, 0.29) is 23.4 Å². The molecule has 4 rings (SSSR count). The standard InChI is InChI=1S/C24H24ClF2N5O3/c1-32(2)7-5-19(27)24(33)31-21-10-16-20(11-22(21)35-15-6-8-34-12-15)28-13-29-23(16)30-14-3-4-18(26)17(25)9-14/h3-5,9-11,13,15H,6-8,12H2,1-2H3,(H,31,33)(H,28,29,30)/b19-5-. The number of carbonyl (C=O) groups is 1. The van der Waals surface area contributed by atoms with Crippen LogP contribution in [0.3, 0.4) is 0 Å². The first-order chi connectivity index (χ1) is 16.8. The first-order valence-corrected chi connectivity index (χ1v) is 11.2. The Morgan fingerprint density at radius 2 is 2.14 bits per heavy atom. The van der Waals surface area contributed by atoms with E-state index in [1.807, 2.05) is 0 Å². The highest BCUT2D eigenvalue weighted by molar-refractivity contribution is 6.31. The van der Waals surface area contributed by atoms with Gasteiger partial charge in [0.1, 0.15) is 29.8 Å². The molecule has 0 saturated carbocycles. The maximum Gasteiger partial charge on any atom is 0.284 e. The van der Waals surface area contributed by atoms with Gasteiger partial charge in [-0.25, -0.2) is 18.7 Å². The molecule has 1 aliphatic heterocycles. The van der Waals surface area contributed by atoms with Crippen LogP contribution in [-0.2, 0) is 9.53 Å². The molecule has 184 valence electrons. The van der Waals surface area contributed by atoms with Crippen molar-refractivity contribution in [2.45, 2.75) is 12.5 Å². The molecule has 1 aliphatic rings. The van der Waals surface area contributed by atoms with Gasteiger partial charge in [-0.3, -0.25) is 4.79 Å². The molecule has 1 atom stereocenters. The number of benzene rings is 2. The van der Waals surface area contributed by atoms with Gasteiger partial charge in [-0.1, -0.05) is 11.6 Å². The van der Waals surface area contributed by atoms with Gasteiger partial charge in [-0.2, -0.15) is 0 Å². The van der Waals surface area contributed by atoms with E-state index in [0.717, 1.165) is 0 Å². The number of hydrogen-bond donors (Lipinski definition) is 2. The van der Waals surface area contributed by atoms with Crippen molar-refractivity contribution in [2.24, 2.45) is 0 Å². The number of nitrogens with one attached hydrogen (secondary N) is 2. The third-order valence-electron chi connectivity index (χ3n) is 5.20. The summed E-state index contributed by atoms with van der Waals surface area (Å²) in [6.45, 7) is 1.24. The summed E-state index contributed by atoms with van der Waals surface area (Å²) in [4.78, 5) is 22.8. The van der Waals surface area contributed by atoms with Crippen LogP contribution in [0, 0.1) is 5.82 Å². The number of nitrogens with zero attached hydrogens (tertiary/aromatic N) is 3. The minimum Gasteiger partial charge on any atom is -0.486 e. The Kier molecular flexibility index (Phi) is 7.74. The highest BCUT2D eigenvalue weighted by Crippen LogP contribution is 2.35. The lowest BCUT2D eigenvalue weighted by atomic mass is 10.1. The second kappa shape index (κ2) is 10.9. The molecule has 2 heterocycles. The number of aromatic nitrogens is 2. The molecule has 1 aromatic heterocycles. The van der Waals surface area contributed by atoms with Crippen LogP contribution >= 0.6 is 11.6 Å². The van der Waals surface area contributed by atoms with Crippen molar-refractivity contribution in [2.75, 3.05) is 44.5 Å². The van der Waals surface area contributed by atoms with Gasteiger partial charge in [-0.05, 0) is 44.4 Å². The molecule has 11 heteroatoms. The molecule has 35 heavy (non-hydrogen) atoms. The number of ether oxygens (including phenoxy) is 2. The SMILES string of the molecule is CN(C)C/C=C(\F)C(=O)Nc1cc2c(Nc3ccc(F)c(Cl)c3)ncnc2cc1OC1CCOC1. The lowest BCUT2D eigenvalue weighted by Crippen LogP contribution is -2.19. The number of amides is 1. The summed E-state index contributed by atoms with van der Waals surface area (Å²) < 4.78 is 39.4. The maximum atomic E-state index is 14.4. The Morgan fingerprint density at radius 1 is 1.31 bits per heavy atom. The van der Waals surface area contributed by atoms with Gasteiger partial charge in [0.2, 0.25) is 0 Å². The zero-order valence-electron chi connectivity index (χ0n) is 19.1. The molecule has 2 N–H and O–H groups in total. The molecule has 1 amide bonds. The average molecular weight is 504 g/mol. The number of anilines is 3. The summed E-state index contributed by atoms with van der Waals surface area (Å²) in [5, 5.41) is 6.14. The zero-order chi connectivity index (χ0) is 24.9. The van der Waals surface area contributed by atoms with E-state index < -0.39 is 17.6 Å². The summed E-state index contributed by atoms with van der Waals surface area (Å²) in [7, 11) is 3.53. The lowest BCUT2D eigenvalue weighted by molar-refractivity contribution is -0.114. The summed E-state index contributed by atoms with van der Waals surface area (Å²) in [5.41, 5.74) is 1.27. The highest BCUT2D eigenvalue weighted by Gasteiger charge is 2.22. The minimum atomic E-state index is -0.919. The quantitative estimate of drug-likeness (QED) is 0.431. The number of halogens is 3. The van der Waals surface area contributed by atoms with Gasteiger partial charge in [-0.15, -0.1) is 0 Å². The Morgan fingerprint density at radius 3 is 2.86 bits per heavy atom. The van der Waals surface area contributed by atoms with Crippen LogP contribution in [-0.4, -0.2) is 60.7 Å². The van der Waals surface area contributed by atoms with Crippen molar-refractivity contribution in [3.8, 4) is 5.75 Å². The van der Waals surface area contributed by atoms with Crippen molar-refractivity contribution in [1.82, 2.24) is 14.9 Å². The number of likely N-dealkylation sites (N-methyl/N-ethyl adjacent to an activating group) is 1. The zero-order valence-corrected chi connectivity index (χ0v) is 19.9. The first kappa shape index (κ1) is 24.8. The second-order valence-electron chi connectivity index (χ2n) is 8.21. The van der Waals surface area contributed by atoms with Gasteiger partial charge in [0, 0.05) is 30.1 Å². The Balaban J connectivity index is 1.70. The Labute approximate surface area is 205 Å². The topological polar surface area (TPSA) is 88.6 Å². The number of fused-ring (bicyclic) bond motifs is 1. The number of hydrogen-bond acceptors (Lipinski definition) is 7. The highest BCUT2D eigenvalue weighted by atomic mass is 35.5. The fraction of sp³-hybridized carbons (Fsp3) is 0.292. The van der Waals surface area contributed by atoms with Crippen LogP contribution in [0.1, 0.15) is 6.42 Å². The van der Waals surface area contributed by atoms with Crippen molar-refractivity contribution in [1.29, 1.82) is 0 Å². The summed E-state index contributed by atoms with van der Waals surface area (Å²) in [6.07, 6.45) is 3.03. The van der Waals surface area contributed by atoms with Gasteiger partial charge in [0.15, 0.2) is 5.83 Å². The molecule has 1 saturated heterocycles. The molecule has 8 nitrogen and oxygen atoms in total. The van der Waals surface area contributed by atoms with Crippen molar-refractivity contribution in [3.63, 3.8) is 0 Å². The average Bonchev–Trinajstić information content (AvgIpc) is 3.33. The Bertz CT molecular complexity index is 1270. The maximum absolute atomic E-state index is 14.4. The smallest absolute Gasteiger partial charge is 0.284 e. The molecule has 0 aliphatic carbocycles. The molecular weight excluding hydrogens is 480 g/mol. The van der Waals surface area contributed by atoms with E-state index >= 15 is 0 Å². The van der Waals surface area contributed by atoms with E-state index in [4.69, 9.17) is 21.1 Å². The van der Waals surface area contributed by atoms with Crippen LogP contribution in [0.4, 0.5) is 26.0 Å². The van der Waals surface area contributed by atoms with Gasteiger partial charge in [0.25, 0.3) is 5.91 Å². The first-order valence-electron chi connectivity index (χ1n) is 10.9. The van der Waals surface area contributed by atoms with Crippen LogP contribution < -0.4 is 15.4 Å². The predicted octanol–water partition coefficient (Wildman–Crippen LogP) is 4.69. The molecule has 0 radical (unpaired) electrons. The third-order valence-corrected chi connectivity index (χ3v) is 5.49. The van der Waals surface area contributed by atoms with Crippen LogP contribution in [0.25, 0.3) is 10.9 Å². The van der Waals surface area contributed by atoms with E-state index in [0.29, 0.717) is 47.8 Å². The molecule has 0 spiro atoms. The molecule has 1 unspecified atom stereocenters. The van der Waals surface area contributed by atoms with Crippen LogP contribution in [0.5, 0.6) is 5.75 Å². The largest absolute Gasteiger partial charge is 0.486 e. The Hall–Kier alpha value is -3.34. The lowest BCUT2D eigenvalue weighted by Gasteiger charge is -2.18. The van der Waals surface area contributed by atoms with Crippen LogP contribution in [0.2, 0.25) is 5.02 Å². The molecular formula is C24H24ClF2N5O3. The monoisotopic (exact) mass is 503 g/mol. The fourth-order valence-corrected chi connectivity index (χ4v) is 3.59. The van der Waals surface area contributed by atoms with Gasteiger partial charge < -0.3 is 25.0 Å². The molecule has 0 bridgehead atoms. The number of rotatable bonds is 8. The van der Waals surface area contributed by atoms with Crippen molar-refractivity contribution in [3.05, 3.63) is 59.4 Å². The van der Waals surface area contributed by atoms with E-state index in [9.17, 15) is 13.6 Å². The molecule has 3 aromatic rings. The minimum absolute atomic E-state index is 0.0456. The van der Waals surface area contributed by atoms with Crippen LogP contribution in [0.15, 0.2) is 48.6 Å². The summed E-state index contributed by atoms with van der Waals surface area (Å²) in [6, 6.07) is 7.43. The molecule has 1 fully saturated rings. The normalized spacial score (nSPS) is 16.1. The summed E-state index contributed by atoms with van der Waals surface area (Å²) >= 11 is 5.89. The third kappa shape index (κ3) is 6.21.